The number of hydrogen-bond acceptors (Lipinski definition) is 2. The molecule has 104 valence electrons. The van der Waals surface area contributed by atoms with Gasteiger partial charge in [-0.15, -0.1) is 0 Å². The van der Waals surface area contributed by atoms with Crippen LogP contribution in [-0.4, -0.2) is 6.04 Å². The van der Waals surface area contributed by atoms with E-state index in [2.05, 4.69) is 5.32 Å². The Hall–Kier alpha value is -1.03. The Labute approximate surface area is 127 Å². The molecule has 4 heteroatoms. The molecule has 2 aromatic rings. The number of benzene rings is 2. The lowest BCUT2D eigenvalue weighted by molar-refractivity contribution is 0.579. The van der Waals surface area contributed by atoms with Crippen LogP contribution in [0.1, 0.15) is 18.4 Å². The number of halogens is 2. The van der Waals surface area contributed by atoms with E-state index in [-0.39, 0.29) is 5.82 Å². The van der Waals surface area contributed by atoms with E-state index in [4.69, 9.17) is 11.6 Å². The first-order valence-corrected chi connectivity index (χ1v) is 7.86. The fourth-order valence-electron chi connectivity index (χ4n) is 2.00. The molecule has 1 aliphatic carbocycles. The predicted octanol–water partition coefficient (Wildman–Crippen LogP) is 4.88. The van der Waals surface area contributed by atoms with E-state index in [9.17, 15) is 4.39 Å². The van der Waals surface area contributed by atoms with Crippen LogP contribution in [-0.2, 0) is 6.54 Å². The largest absolute Gasteiger partial charge is 0.310 e. The van der Waals surface area contributed by atoms with Gasteiger partial charge in [0.25, 0.3) is 0 Å². The first-order valence-electron chi connectivity index (χ1n) is 6.66. The molecule has 20 heavy (non-hydrogen) atoms. The molecular formula is C16H15ClFNS. The molecule has 0 bridgehead atoms. The maximum Gasteiger partial charge on any atom is 0.128 e. The molecule has 0 unspecified atom stereocenters. The summed E-state index contributed by atoms with van der Waals surface area (Å²) < 4.78 is 14.0. The highest BCUT2D eigenvalue weighted by atomic mass is 35.5. The van der Waals surface area contributed by atoms with Crippen molar-refractivity contribution in [2.75, 3.05) is 0 Å². The van der Waals surface area contributed by atoms with E-state index < -0.39 is 0 Å². The molecule has 0 heterocycles. The summed E-state index contributed by atoms with van der Waals surface area (Å²) in [4.78, 5) is 1.97. The standard InChI is InChI=1S/C16H15ClFNS/c17-11-3-1-4-13(9-11)20-16-6-2-5-15(18)14(16)10-19-12-7-8-12/h1-6,9,12,19H,7-8,10H2. The van der Waals surface area contributed by atoms with Gasteiger partial charge in [-0.1, -0.05) is 35.5 Å². The molecule has 2 aromatic carbocycles. The summed E-state index contributed by atoms with van der Waals surface area (Å²) >= 11 is 7.54. The molecule has 1 N–H and O–H groups in total. The smallest absolute Gasteiger partial charge is 0.128 e. The monoisotopic (exact) mass is 307 g/mol. The van der Waals surface area contributed by atoms with Gasteiger partial charge in [0, 0.05) is 33.0 Å². The van der Waals surface area contributed by atoms with Gasteiger partial charge in [0.1, 0.15) is 5.82 Å². The van der Waals surface area contributed by atoms with E-state index in [1.807, 2.05) is 30.3 Å². The Bertz CT molecular complexity index is 613. The molecule has 0 atom stereocenters. The van der Waals surface area contributed by atoms with Gasteiger partial charge in [0.2, 0.25) is 0 Å². The molecule has 0 aliphatic heterocycles. The highest BCUT2D eigenvalue weighted by Gasteiger charge is 2.21. The molecule has 1 fully saturated rings. The minimum Gasteiger partial charge on any atom is -0.310 e. The van der Waals surface area contributed by atoms with Crippen LogP contribution in [0.15, 0.2) is 52.3 Å². The van der Waals surface area contributed by atoms with Crippen LogP contribution in [0.4, 0.5) is 4.39 Å². The number of nitrogens with one attached hydrogen (secondary N) is 1. The molecule has 0 saturated heterocycles. The summed E-state index contributed by atoms with van der Waals surface area (Å²) in [5.41, 5.74) is 0.740. The fraction of sp³-hybridized carbons (Fsp3) is 0.250. The van der Waals surface area contributed by atoms with Crippen molar-refractivity contribution < 1.29 is 4.39 Å². The summed E-state index contributed by atoms with van der Waals surface area (Å²) in [6, 6.07) is 13.4. The SMILES string of the molecule is Fc1cccc(Sc2cccc(Cl)c2)c1CNC1CC1. The van der Waals surface area contributed by atoms with Gasteiger partial charge in [-0.05, 0) is 43.2 Å². The maximum atomic E-state index is 14.0. The molecule has 0 spiro atoms. The Kier molecular flexibility index (Phi) is 4.29. The van der Waals surface area contributed by atoms with Crippen molar-refractivity contribution in [3.63, 3.8) is 0 Å². The Morgan fingerprint density at radius 2 is 2.00 bits per heavy atom. The van der Waals surface area contributed by atoms with Gasteiger partial charge in [-0.2, -0.15) is 0 Å². The van der Waals surface area contributed by atoms with Gasteiger partial charge in [0.15, 0.2) is 0 Å². The van der Waals surface area contributed by atoms with Crippen LogP contribution >= 0.6 is 23.4 Å². The summed E-state index contributed by atoms with van der Waals surface area (Å²) in [5, 5.41) is 4.07. The lowest BCUT2D eigenvalue weighted by Gasteiger charge is -2.11. The average molecular weight is 308 g/mol. The quantitative estimate of drug-likeness (QED) is 0.844. The third-order valence-corrected chi connectivity index (χ3v) is 4.57. The van der Waals surface area contributed by atoms with Gasteiger partial charge >= 0.3 is 0 Å². The number of hydrogen-bond donors (Lipinski definition) is 1. The lowest BCUT2D eigenvalue weighted by Crippen LogP contribution is -2.16. The van der Waals surface area contributed by atoms with Crippen LogP contribution in [0.3, 0.4) is 0 Å². The third-order valence-electron chi connectivity index (χ3n) is 3.24. The summed E-state index contributed by atoms with van der Waals surface area (Å²) in [7, 11) is 0. The molecule has 1 saturated carbocycles. The second kappa shape index (κ2) is 6.17. The molecule has 0 amide bonds. The van der Waals surface area contributed by atoms with Gasteiger partial charge in [-0.25, -0.2) is 4.39 Å². The van der Waals surface area contributed by atoms with Crippen molar-refractivity contribution in [3.05, 3.63) is 58.9 Å². The molecule has 1 nitrogen and oxygen atoms in total. The van der Waals surface area contributed by atoms with Crippen molar-refractivity contribution in [1.82, 2.24) is 5.32 Å². The Morgan fingerprint density at radius 3 is 2.75 bits per heavy atom. The third kappa shape index (κ3) is 3.54. The van der Waals surface area contributed by atoms with Crippen LogP contribution in [0.5, 0.6) is 0 Å². The van der Waals surface area contributed by atoms with E-state index in [1.54, 1.807) is 17.8 Å². The topological polar surface area (TPSA) is 12.0 Å². The Morgan fingerprint density at radius 1 is 1.20 bits per heavy atom. The molecule has 0 aromatic heterocycles. The minimum atomic E-state index is -0.148. The first kappa shape index (κ1) is 13.9. The molecule has 3 rings (SSSR count). The van der Waals surface area contributed by atoms with Crippen molar-refractivity contribution in [2.45, 2.75) is 35.2 Å². The van der Waals surface area contributed by atoms with Gasteiger partial charge in [0.05, 0.1) is 0 Å². The Balaban J connectivity index is 1.82. The van der Waals surface area contributed by atoms with E-state index >= 15 is 0 Å². The highest BCUT2D eigenvalue weighted by molar-refractivity contribution is 7.99. The fourth-order valence-corrected chi connectivity index (χ4v) is 3.28. The highest BCUT2D eigenvalue weighted by Crippen LogP contribution is 2.33. The second-order valence-corrected chi connectivity index (χ2v) is 6.48. The molecule has 0 radical (unpaired) electrons. The maximum absolute atomic E-state index is 14.0. The zero-order valence-electron chi connectivity index (χ0n) is 10.9. The predicted molar refractivity (Wildman–Crippen MR) is 81.8 cm³/mol. The van der Waals surface area contributed by atoms with Gasteiger partial charge < -0.3 is 5.32 Å². The van der Waals surface area contributed by atoms with Crippen LogP contribution in [0, 0.1) is 5.82 Å². The van der Waals surface area contributed by atoms with E-state index in [0.717, 1.165) is 15.4 Å². The summed E-state index contributed by atoms with van der Waals surface area (Å²) in [6.07, 6.45) is 2.40. The van der Waals surface area contributed by atoms with Crippen molar-refractivity contribution >= 4 is 23.4 Å². The normalized spacial score (nSPS) is 14.5. The lowest BCUT2D eigenvalue weighted by atomic mass is 10.2. The molecular weight excluding hydrogens is 293 g/mol. The summed E-state index contributed by atoms with van der Waals surface area (Å²) in [5.74, 6) is -0.148. The van der Waals surface area contributed by atoms with Crippen LogP contribution < -0.4 is 5.32 Å². The van der Waals surface area contributed by atoms with Crippen LogP contribution in [0.25, 0.3) is 0 Å². The zero-order chi connectivity index (χ0) is 13.9. The van der Waals surface area contributed by atoms with Crippen molar-refractivity contribution in [3.8, 4) is 0 Å². The second-order valence-electron chi connectivity index (χ2n) is 4.93. The van der Waals surface area contributed by atoms with Crippen molar-refractivity contribution in [1.29, 1.82) is 0 Å². The van der Waals surface area contributed by atoms with E-state index in [1.165, 1.54) is 18.9 Å². The van der Waals surface area contributed by atoms with Crippen LogP contribution in [0.2, 0.25) is 5.02 Å². The van der Waals surface area contributed by atoms with Crippen molar-refractivity contribution in [2.24, 2.45) is 0 Å². The summed E-state index contributed by atoms with van der Waals surface area (Å²) in [6.45, 7) is 0.584. The first-order chi connectivity index (χ1) is 9.72. The van der Waals surface area contributed by atoms with Gasteiger partial charge in [-0.3, -0.25) is 0 Å². The zero-order valence-corrected chi connectivity index (χ0v) is 12.5. The minimum absolute atomic E-state index is 0.148. The van der Waals surface area contributed by atoms with E-state index in [0.29, 0.717) is 17.6 Å². The average Bonchev–Trinajstić information content (AvgIpc) is 3.22. The molecule has 1 aliphatic rings. The number of rotatable bonds is 5.